The van der Waals surface area contributed by atoms with Gasteiger partial charge in [0.2, 0.25) is 0 Å². The van der Waals surface area contributed by atoms with Gasteiger partial charge in [0.05, 0.1) is 17.3 Å². The third-order valence-corrected chi connectivity index (χ3v) is 6.36. The van der Waals surface area contributed by atoms with Gasteiger partial charge in [-0.3, -0.25) is 4.52 Å². The summed E-state index contributed by atoms with van der Waals surface area (Å²) in [5.41, 5.74) is 0. The smallest absolute Gasteiger partial charge is 0.302 e. The number of phosphoric acid groups is 2. The monoisotopic (exact) mass is 352 g/mol. The molecule has 1 atom stereocenters. The minimum absolute atomic E-state index is 0.0322. The highest BCUT2D eigenvalue weighted by atomic mass is 32.2. The summed E-state index contributed by atoms with van der Waals surface area (Å²) in [5, 5.41) is 2.92. The number of rotatable bonds is 7. The molecule has 0 radical (unpaired) electrons. The second-order valence-electron chi connectivity index (χ2n) is 3.15. The first-order valence-corrected chi connectivity index (χ1v) is 10.1. The lowest BCUT2D eigenvalue weighted by Gasteiger charge is -2.12. The Balaban J connectivity index is 2.56. The molecule has 1 heterocycles. The average Bonchev–Trinajstić information content (AvgIpc) is 2.64. The summed E-state index contributed by atoms with van der Waals surface area (Å²) in [6.07, 6.45) is 0. The summed E-state index contributed by atoms with van der Waals surface area (Å²) in [4.78, 5) is 25.6. The predicted molar refractivity (Wildman–Crippen MR) is 65.3 cm³/mol. The molecule has 0 amide bonds. The number of thiophene rings is 1. The Morgan fingerprint density at radius 2 is 1.89 bits per heavy atom. The van der Waals surface area contributed by atoms with E-state index >= 15 is 0 Å². The third kappa shape index (κ3) is 6.26. The molecule has 1 rings (SSSR count). The standard InChI is InChI=1S/C6H10O9P2S2/c7-16(8,9)15-17(10,11)14-2-4-19(12,13)6-1-3-18-5-6/h1,3,5H,2,4H2,(H,10,11)(H2,7,8,9). The predicted octanol–water partition coefficient (Wildman–Crippen LogP) is 0.748. The molecule has 0 spiro atoms. The lowest BCUT2D eigenvalue weighted by molar-refractivity contribution is 0.185. The fourth-order valence-corrected chi connectivity index (χ4v) is 4.85. The van der Waals surface area contributed by atoms with Gasteiger partial charge in [-0.1, -0.05) is 0 Å². The van der Waals surface area contributed by atoms with E-state index in [-0.39, 0.29) is 4.90 Å². The summed E-state index contributed by atoms with van der Waals surface area (Å²) >= 11 is 1.16. The number of hydrogen-bond acceptors (Lipinski definition) is 7. The molecule has 0 bridgehead atoms. The van der Waals surface area contributed by atoms with E-state index in [4.69, 9.17) is 14.7 Å². The van der Waals surface area contributed by atoms with Crippen LogP contribution in [0.25, 0.3) is 0 Å². The van der Waals surface area contributed by atoms with E-state index in [2.05, 4.69) is 8.83 Å². The summed E-state index contributed by atoms with van der Waals surface area (Å²) in [7, 11) is -13.9. The van der Waals surface area contributed by atoms with Gasteiger partial charge in [-0.25, -0.2) is 17.5 Å². The van der Waals surface area contributed by atoms with Gasteiger partial charge < -0.3 is 14.7 Å². The van der Waals surface area contributed by atoms with E-state index in [0.29, 0.717) is 0 Å². The summed E-state index contributed by atoms with van der Waals surface area (Å²) in [5.74, 6) is -0.626. The van der Waals surface area contributed by atoms with Gasteiger partial charge in [0.15, 0.2) is 9.84 Å². The molecule has 0 aromatic carbocycles. The lowest BCUT2D eigenvalue weighted by Crippen LogP contribution is -2.11. The van der Waals surface area contributed by atoms with Crippen LogP contribution in [-0.2, 0) is 27.8 Å². The molecule has 19 heavy (non-hydrogen) atoms. The molecular formula is C6H10O9P2S2. The first-order valence-electron chi connectivity index (χ1n) is 4.51. The first kappa shape index (κ1) is 17.0. The van der Waals surface area contributed by atoms with E-state index in [9.17, 15) is 17.5 Å². The van der Waals surface area contributed by atoms with Crippen molar-refractivity contribution in [3.05, 3.63) is 16.8 Å². The van der Waals surface area contributed by atoms with Crippen LogP contribution < -0.4 is 0 Å². The molecule has 110 valence electrons. The molecule has 13 heteroatoms. The molecule has 1 aromatic heterocycles. The minimum atomic E-state index is -5.20. The van der Waals surface area contributed by atoms with Gasteiger partial charge in [-0.15, -0.1) is 0 Å². The van der Waals surface area contributed by atoms with E-state index < -0.39 is 37.8 Å². The maximum Gasteiger partial charge on any atom is 0.481 e. The Hall–Kier alpha value is -0.0900. The van der Waals surface area contributed by atoms with Crippen molar-refractivity contribution in [2.45, 2.75) is 4.90 Å². The Labute approximate surface area is 112 Å². The van der Waals surface area contributed by atoms with Gasteiger partial charge in [-0.05, 0) is 11.4 Å². The number of phosphoric ester groups is 1. The number of sulfone groups is 1. The average molecular weight is 352 g/mol. The van der Waals surface area contributed by atoms with Crippen LogP contribution in [0.4, 0.5) is 0 Å². The Kier molecular flexibility index (Phi) is 5.47. The molecule has 1 aromatic rings. The fraction of sp³-hybridized carbons (Fsp3) is 0.333. The Morgan fingerprint density at radius 1 is 1.26 bits per heavy atom. The highest BCUT2D eigenvalue weighted by Crippen LogP contribution is 2.57. The second kappa shape index (κ2) is 6.13. The van der Waals surface area contributed by atoms with E-state index in [1.165, 1.54) is 11.4 Å². The van der Waals surface area contributed by atoms with Gasteiger partial charge in [0, 0.05) is 5.38 Å². The third-order valence-electron chi connectivity index (χ3n) is 1.67. The van der Waals surface area contributed by atoms with Crippen LogP contribution in [0.2, 0.25) is 0 Å². The zero-order valence-electron chi connectivity index (χ0n) is 9.15. The highest BCUT2D eigenvalue weighted by Gasteiger charge is 2.32. The molecule has 0 saturated heterocycles. The number of hydrogen-bond donors (Lipinski definition) is 3. The van der Waals surface area contributed by atoms with Crippen molar-refractivity contribution >= 4 is 36.8 Å². The molecule has 1 unspecified atom stereocenters. The van der Waals surface area contributed by atoms with Crippen LogP contribution in [0.15, 0.2) is 21.7 Å². The zero-order valence-corrected chi connectivity index (χ0v) is 12.6. The second-order valence-corrected chi connectivity index (χ2v) is 8.87. The normalized spacial score (nSPS) is 16.2. The van der Waals surface area contributed by atoms with Crippen molar-refractivity contribution in [2.24, 2.45) is 0 Å². The Morgan fingerprint density at radius 3 is 2.37 bits per heavy atom. The molecule has 9 nitrogen and oxygen atoms in total. The molecule has 0 aliphatic rings. The van der Waals surface area contributed by atoms with Crippen LogP contribution >= 0.6 is 27.0 Å². The van der Waals surface area contributed by atoms with Gasteiger partial charge in [0.1, 0.15) is 0 Å². The largest absolute Gasteiger partial charge is 0.481 e. The van der Waals surface area contributed by atoms with Crippen molar-refractivity contribution in [3.8, 4) is 0 Å². The maximum atomic E-state index is 11.6. The fourth-order valence-electron chi connectivity index (χ4n) is 0.967. The van der Waals surface area contributed by atoms with E-state index in [1.54, 1.807) is 5.38 Å². The molecule has 0 aliphatic heterocycles. The summed E-state index contributed by atoms with van der Waals surface area (Å²) < 4.78 is 52.3. The highest BCUT2D eigenvalue weighted by molar-refractivity contribution is 7.91. The van der Waals surface area contributed by atoms with Crippen LogP contribution in [0, 0.1) is 0 Å². The van der Waals surface area contributed by atoms with Gasteiger partial charge >= 0.3 is 15.6 Å². The lowest BCUT2D eigenvalue weighted by atomic mass is 10.7. The van der Waals surface area contributed by atoms with E-state index in [1.807, 2.05) is 0 Å². The van der Waals surface area contributed by atoms with Crippen molar-refractivity contribution in [3.63, 3.8) is 0 Å². The van der Waals surface area contributed by atoms with Crippen molar-refractivity contribution in [1.82, 2.24) is 0 Å². The van der Waals surface area contributed by atoms with Crippen LogP contribution in [0.3, 0.4) is 0 Å². The van der Waals surface area contributed by atoms with Crippen LogP contribution in [-0.4, -0.2) is 35.5 Å². The molecule has 0 saturated carbocycles. The van der Waals surface area contributed by atoms with Crippen molar-refractivity contribution in [1.29, 1.82) is 0 Å². The zero-order chi connectivity index (χ0) is 14.7. The van der Waals surface area contributed by atoms with Gasteiger partial charge in [-0.2, -0.15) is 15.6 Å². The van der Waals surface area contributed by atoms with E-state index in [0.717, 1.165) is 11.3 Å². The van der Waals surface area contributed by atoms with Crippen molar-refractivity contribution < 1.29 is 41.1 Å². The first-order chi connectivity index (χ1) is 8.52. The summed E-state index contributed by atoms with van der Waals surface area (Å²) in [6, 6.07) is 1.35. The quantitative estimate of drug-likeness (QED) is 0.604. The minimum Gasteiger partial charge on any atom is -0.302 e. The molecule has 0 fully saturated rings. The molecule has 0 aliphatic carbocycles. The molecule has 3 N–H and O–H groups in total. The Bertz CT molecular complexity index is 601. The maximum absolute atomic E-state index is 11.6. The summed E-state index contributed by atoms with van der Waals surface area (Å²) in [6.45, 7) is -0.744. The topological polar surface area (TPSA) is 147 Å². The van der Waals surface area contributed by atoms with Crippen LogP contribution in [0.1, 0.15) is 0 Å². The van der Waals surface area contributed by atoms with Crippen LogP contribution in [0.5, 0.6) is 0 Å². The van der Waals surface area contributed by atoms with Crippen molar-refractivity contribution in [2.75, 3.05) is 12.4 Å². The molecular weight excluding hydrogens is 342 g/mol. The van der Waals surface area contributed by atoms with Gasteiger partial charge in [0.25, 0.3) is 0 Å². The SMILES string of the molecule is O=P(O)(O)OP(=O)(O)OCCS(=O)(=O)c1ccsc1.